The molecule has 0 heterocycles. The molecule has 6 nitrogen and oxygen atoms in total. The van der Waals surface area contributed by atoms with Gasteiger partial charge in [0.2, 0.25) is 0 Å². The van der Waals surface area contributed by atoms with E-state index in [0.717, 1.165) is 116 Å². The van der Waals surface area contributed by atoms with Crippen molar-refractivity contribution in [2.45, 2.75) is 316 Å². The van der Waals surface area contributed by atoms with E-state index in [-0.39, 0.29) is 31.1 Å². The van der Waals surface area contributed by atoms with Crippen LogP contribution in [0.1, 0.15) is 310 Å². The molecule has 0 aliphatic rings. The normalized spacial score (nSPS) is 12.8. The predicted octanol–water partition coefficient (Wildman–Crippen LogP) is 22.6. The van der Waals surface area contributed by atoms with Gasteiger partial charge in [-0.25, -0.2) is 0 Å². The lowest BCUT2D eigenvalue weighted by molar-refractivity contribution is -0.167. The van der Waals surface area contributed by atoms with Crippen LogP contribution in [0, 0.1) is 0 Å². The minimum atomic E-state index is -0.798. The van der Waals surface area contributed by atoms with Crippen LogP contribution in [0.4, 0.5) is 0 Å². The van der Waals surface area contributed by atoms with Crippen LogP contribution in [0.15, 0.2) is 109 Å². The summed E-state index contributed by atoms with van der Waals surface area (Å²) in [7, 11) is 0. The van der Waals surface area contributed by atoms with E-state index >= 15 is 0 Å². The number of hydrogen-bond donors (Lipinski definition) is 0. The average molecular weight is 1080 g/mol. The molecule has 6 heteroatoms. The summed E-state index contributed by atoms with van der Waals surface area (Å²) in [5.74, 6) is -0.929. The number of ether oxygens (including phenoxy) is 3. The van der Waals surface area contributed by atoms with Crippen molar-refractivity contribution in [1.29, 1.82) is 0 Å². The molecular formula is C72H122O6. The molecule has 0 fully saturated rings. The first-order chi connectivity index (χ1) is 38.5. The zero-order valence-corrected chi connectivity index (χ0v) is 51.2. The largest absolute Gasteiger partial charge is 0.462 e. The van der Waals surface area contributed by atoms with E-state index in [2.05, 4.69) is 130 Å². The first-order valence-electron chi connectivity index (χ1n) is 32.9. The maximum atomic E-state index is 12.9. The maximum absolute atomic E-state index is 12.9. The summed E-state index contributed by atoms with van der Waals surface area (Å²) in [5.41, 5.74) is 0. The van der Waals surface area contributed by atoms with Gasteiger partial charge in [-0.05, 0) is 128 Å². The Kier molecular flexibility index (Phi) is 62.3. The predicted molar refractivity (Wildman–Crippen MR) is 339 cm³/mol. The molecule has 446 valence electrons. The summed E-state index contributed by atoms with van der Waals surface area (Å²) in [6.45, 7) is 6.49. The molecule has 1 unspecified atom stereocenters. The zero-order valence-electron chi connectivity index (χ0n) is 51.2. The highest BCUT2D eigenvalue weighted by molar-refractivity contribution is 5.71. The van der Waals surface area contributed by atoms with Crippen LogP contribution < -0.4 is 0 Å². The third-order valence-electron chi connectivity index (χ3n) is 14.0. The highest BCUT2D eigenvalue weighted by atomic mass is 16.6. The molecule has 0 aromatic heterocycles. The van der Waals surface area contributed by atoms with E-state index in [1.165, 1.54) is 154 Å². The van der Waals surface area contributed by atoms with Gasteiger partial charge in [-0.1, -0.05) is 271 Å². The highest BCUT2D eigenvalue weighted by Crippen LogP contribution is 2.16. The molecule has 0 saturated heterocycles. The molecule has 0 aromatic rings. The quantitative estimate of drug-likeness (QED) is 0.0261. The van der Waals surface area contributed by atoms with Gasteiger partial charge in [0.15, 0.2) is 6.10 Å². The molecule has 0 spiro atoms. The highest BCUT2D eigenvalue weighted by Gasteiger charge is 2.19. The van der Waals surface area contributed by atoms with Gasteiger partial charge >= 0.3 is 17.9 Å². The lowest BCUT2D eigenvalue weighted by Crippen LogP contribution is -2.30. The lowest BCUT2D eigenvalue weighted by atomic mass is 10.0. The summed E-state index contributed by atoms with van der Waals surface area (Å²) in [6.07, 6.45) is 89.6. The first-order valence-corrected chi connectivity index (χ1v) is 32.9. The minimum Gasteiger partial charge on any atom is -0.462 e. The molecule has 0 bridgehead atoms. The molecule has 0 aromatic carbocycles. The molecule has 0 saturated carbocycles. The molecule has 0 aliphatic carbocycles. The lowest BCUT2D eigenvalue weighted by Gasteiger charge is -2.18. The van der Waals surface area contributed by atoms with Crippen molar-refractivity contribution in [3.63, 3.8) is 0 Å². The fraction of sp³-hybridized carbons (Fsp3) is 0.708. The van der Waals surface area contributed by atoms with Gasteiger partial charge in [0.25, 0.3) is 0 Å². The number of carbonyl (C=O) groups is 3. The Morgan fingerprint density at radius 3 is 0.833 bits per heavy atom. The van der Waals surface area contributed by atoms with Crippen molar-refractivity contribution < 1.29 is 28.6 Å². The van der Waals surface area contributed by atoms with Crippen molar-refractivity contribution in [3.05, 3.63) is 109 Å². The van der Waals surface area contributed by atoms with Crippen LogP contribution in [0.3, 0.4) is 0 Å². The second-order valence-corrected chi connectivity index (χ2v) is 21.6. The van der Waals surface area contributed by atoms with Gasteiger partial charge in [0.1, 0.15) is 13.2 Å². The van der Waals surface area contributed by atoms with E-state index in [1.807, 2.05) is 0 Å². The second kappa shape index (κ2) is 65.6. The van der Waals surface area contributed by atoms with E-state index in [4.69, 9.17) is 14.2 Å². The van der Waals surface area contributed by atoms with Gasteiger partial charge in [-0.3, -0.25) is 14.4 Å². The van der Waals surface area contributed by atoms with E-state index in [0.29, 0.717) is 19.3 Å². The number of hydrogen-bond acceptors (Lipinski definition) is 6. The van der Waals surface area contributed by atoms with E-state index < -0.39 is 6.10 Å². The smallest absolute Gasteiger partial charge is 0.306 e. The Balaban J connectivity index is 4.38. The van der Waals surface area contributed by atoms with Gasteiger partial charge in [0.05, 0.1) is 0 Å². The number of carbonyl (C=O) groups excluding carboxylic acids is 3. The molecule has 0 radical (unpaired) electrons. The average Bonchev–Trinajstić information content (AvgIpc) is 3.44. The summed E-state index contributed by atoms with van der Waals surface area (Å²) in [6, 6.07) is 0. The molecule has 0 N–H and O–H groups in total. The molecular weight excluding hydrogens is 961 g/mol. The van der Waals surface area contributed by atoms with Crippen molar-refractivity contribution in [3.8, 4) is 0 Å². The zero-order chi connectivity index (χ0) is 56.4. The Hall–Kier alpha value is -3.93. The van der Waals surface area contributed by atoms with Crippen LogP contribution in [-0.2, 0) is 28.6 Å². The van der Waals surface area contributed by atoms with Crippen molar-refractivity contribution >= 4 is 17.9 Å². The Morgan fingerprint density at radius 1 is 0.269 bits per heavy atom. The monoisotopic (exact) mass is 1080 g/mol. The third-order valence-corrected chi connectivity index (χ3v) is 14.0. The topological polar surface area (TPSA) is 78.9 Å². The first kappa shape index (κ1) is 74.1. The Labute approximate surface area is 482 Å². The van der Waals surface area contributed by atoms with Crippen LogP contribution in [0.25, 0.3) is 0 Å². The number of esters is 3. The van der Waals surface area contributed by atoms with Gasteiger partial charge in [-0.2, -0.15) is 0 Å². The summed E-state index contributed by atoms with van der Waals surface area (Å²) in [4.78, 5) is 38.3. The standard InChI is InChI=1S/C72H122O6/c1-4-7-10-13-16-19-22-25-27-29-31-33-35-36-38-39-41-43-45-47-50-53-56-59-62-65-71(74)77-68-69(67-76-70(73)64-61-58-55-52-49-24-21-18-15-12-9-6-3)78-72(75)66-63-60-57-54-51-48-46-44-42-40-37-34-32-30-28-26-23-20-17-14-11-8-5-2/h7,10,16,18-19,21,25,27,30-33,36,38,41,43,47,50,69H,4-6,8-9,11-15,17,20,22-24,26,28-29,34-35,37,39-40,42,44-46,48-49,51-68H2,1-3H3/b10-7-,19-16-,21-18-,27-25-,32-30-,33-31-,38-36-,43-41-,50-47-. The summed E-state index contributed by atoms with van der Waals surface area (Å²) >= 11 is 0. The number of rotatable bonds is 59. The van der Waals surface area contributed by atoms with Crippen molar-refractivity contribution in [2.24, 2.45) is 0 Å². The molecule has 0 aliphatic heterocycles. The van der Waals surface area contributed by atoms with Crippen LogP contribution in [0.2, 0.25) is 0 Å². The Morgan fingerprint density at radius 2 is 0.500 bits per heavy atom. The van der Waals surface area contributed by atoms with Crippen LogP contribution in [0.5, 0.6) is 0 Å². The number of allylic oxidation sites excluding steroid dienone is 18. The van der Waals surface area contributed by atoms with Gasteiger partial charge < -0.3 is 14.2 Å². The fourth-order valence-electron chi connectivity index (χ4n) is 9.06. The molecule has 1 atom stereocenters. The second-order valence-electron chi connectivity index (χ2n) is 21.6. The van der Waals surface area contributed by atoms with Crippen LogP contribution in [-0.4, -0.2) is 37.2 Å². The molecule has 0 amide bonds. The number of unbranched alkanes of at least 4 members (excludes halogenated alkanes) is 30. The minimum absolute atomic E-state index is 0.0935. The Bertz CT molecular complexity index is 1570. The summed E-state index contributed by atoms with van der Waals surface area (Å²) in [5, 5.41) is 0. The van der Waals surface area contributed by atoms with Crippen molar-refractivity contribution in [2.75, 3.05) is 13.2 Å². The van der Waals surface area contributed by atoms with Gasteiger partial charge in [0, 0.05) is 19.3 Å². The fourth-order valence-corrected chi connectivity index (χ4v) is 9.06. The van der Waals surface area contributed by atoms with Crippen LogP contribution >= 0.6 is 0 Å². The van der Waals surface area contributed by atoms with Gasteiger partial charge in [-0.15, -0.1) is 0 Å². The third kappa shape index (κ3) is 62.9. The van der Waals surface area contributed by atoms with Crippen molar-refractivity contribution in [1.82, 2.24) is 0 Å². The SMILES string of the molecule is CC/C=C\C/C=C\C/C=C\C/C=C\C/C=C\C/C=C\C/C=C\CCCCCC(=O)OCC(COC(=O)CCCCCCC/C=C\CCCCC)OC(=O)CCCCCCCCCCCCC/C=C\CCCCCCCCCC. The van der Waals surface area contributed by atoms with E-state index in [1.54, 1.807) is 0 Å². The molecule has 78 heavy (non-hydrogen) atoms. The van der Waals surface area contributed by atoms with E-state index in [9.17, 15) is 14.4 Å². The molecule has 0 rings (SSSR count). The summed E-state index contributed by atoms with van der Waals surface area (Å²) < 4.78 is 16.9. The maximum Gasteiger partial charge on any atom is 0.306 e.